The van der Waals surface area contributed by atoms with Crippen molar-refractivity contribution < 1.29 is 9.21 Å². The molecule has 0 radical (unpaired) electrons. The van der Waals surface area contributed by atoms with E-state index in [-0.39, 0.29) is 27.0 Å². The summed E-state index contributed by atoms with van der Waals surface area (Å²) < 4.78 is 6.14. The Balaban J connectivity index is 1.85. The van der Waals surface area contributed by atoms with Crippen LogP contribution in [-0.2, 0) is 0 Å². The fraction of sp³-hybridized carbons (Fsp3) is 0. The first-order valence-corrected chi connectivity index (χ1v) is 8.50. The molecule has 5 nitrogen and oxygen atoms in total. The number of hydrogen-bond donors (Lipinski definition) is 1. The number of hydrogen-bond acceptors (Lipinski definition) is 4. The van der Waals surface area contributed by atoms with Gasteiger partial charge in [0.15, 0.2) is 5.58 Å². The maximum Gasteiger partial charge on any atom is 0.271 e. The predicted molar refractivity (Wildman–Crippen MR) is 102 cm³/mol. The fourth-order valence-electron chi connectivity index (χ4n) is 2.12. The smallest absolute Gasteiger partial charge is 0.271 e. The molecule has 126 valence electrons. The zero-order valence-corrected chi connectivity index (χ0v) is 15.5. The minimum atomic E-state index is -0.409. The van der Waals surface area contributed by atoms with Crippen LogP contribution in [0.3, 0.4) is 0 Å². The first-order chi connectivity index (χ1) is 12.0. The van der Waals surface area contributed by atoms with Crippen LogP contribution in [0.15, 0.2) is 61.4 Å². The zero-order chi connectivity index (χ0) is 18.0. The van der Waals surface area contributed by atoms with E-state index in [1.807, 2.05) is 0 Å². The van der Waals surface area contributed by atoms with Gasteiger partial charge in [0.2, 0.25) is 5.43 Å². The van der Waals surface area contributed by atoms with E-state index in [0.29, 0.717) is 10.6 Å². The second-order valence-corrected chi connectivity index (χ2v) is 6.75. The largest absolute Gasteiger partial charge is 0.462 e. The molecule has 1 aromatic heterocycles. The van der Waals surface area contributed by atoms with Crippen LogP contribution in [0.1, 0.15) is 15.9 Å². The van der Waals surface area contributed by atoms with Gasteiger partial charge in [-0.15, -0.1) is 0 Å². The van der Waals surface area contributed by atoms with E-state index in [2.05, 4.69) is 26.5 Å². The van der Waals surface area contributed by atoms with Crippen LogP contribution in [0.5, 0.6) is 0 Å². The third-order valence-electron chi connectivity index (χ3n) is 3.28. The number of fused-ring (bicyclic) bond motifs is 1. The summed E-state index contributed by atoms with van der Waals surface area (Å²) in [5.41, 5.74) is 2.82. The molecule has 0 spiro atoms. The van der Waals surface area contributed by atoms with Crippen molar-refractivity contribution in [2.45, 2.75) is 0 Å². The van der Waals surface area contributed by atoms with Gasteiger partial charge >= 0.3 is 0 Å². The van der Waals surface area contributed by atoms with Gasteiger partial charge < -0.3 is 4.42 Å². The van der Waals surface area contributed by atoms with Crippen molar-refractivity contribution in [1.82, 2.24) is 5.43 Å². The molecule has 0 fully saturated rings. The molecule has 1 N–H and O–H groups in total. The third kappa shape index (κ3) is 3.92. The van der Waals surface area contributed by atoms with Crippen molar-refractivity contribution in [3.05, 3.63) is 78.5 Å². The number of carbonyl (C=O) groups excluding carboxylic acids is 1. The van der Waals surface area contributed by atoms with E-state index < -0.39 is 5.91 Å². The van der Waals surface area contributed by atoms with Gasteiger partial charge in [0.05, 0.1) is 22.2 Å². The first kappa shape index (κ1) is 17.7. The van der Waals surface area contributed by atoms with Crippen LogP contribution in [0.25, 0.3) is 11.0 Å². The lowest BCUT2D eigenvalue weighted by Gasteiger charge is -2.02. The summed E-state index contributed by atoms with van der Waals surface area (Å²) in [6.45, 7) is 0. The molecule has 3 rings (SSSR count). The Morgan fingerprint density at radius 3 is 2.80 bits per heavy atom. The van der Waals surface area contributed by atoms with E-state index in [0.717, 1.165) is 4.47 Å². The molecule has 0 saturated heterocycles. The lowest BCUT2D eigenvalue weighted by atomic mass is 10.2. The average Bonchev–Trinajstić information content (AvgIpc) is 2.57. The predicted octanol–water partition coefficient (Wildman–Crippen LogP) is 4.63. The molecular formula is C17H9BrCl2N2O3. The molecule has 8 heteroatoms. The van der Waals surface area contributed by atoms with Gasteiger partial charge in [-0.05, 0) is 30.3 Å². The van der Waals surface area contributed by atoms with Crippen LogP contribution in [0.2, 0.25) is 10.0 Å². The highest BCUT2D eigenvalue weighted by molar-refractivity contribution is 9.10. The summed E-state index contributed by atoms with van der Waals surface area (Å²) in [6.07, 6.45) is 2.43. The van der Waals surface area contributed by atoms with Gasteiger partial charge in [0.1, 0.15) is 6.26 Å². The van der Waals surface area contributed by atoms with Gasteiger partial charge in [0.25, 0.3) is 5.91 Å². The number of amides is 1. The Morgan fingerprint density at radius 2 is 2.04 bits per heavy atom. The molecule has 0 unspecified atom stereocenters. The molecule has 3 aromatic rings. The van der Waals surface area contributed by atoms with E-state index >= 15 is 0 Å². The maximum atomic E-state index is 12.4. The third-order valence-corrected chi connectivity index (χ3v) is 4.27. The van der Waals surface area contributed by atoms with Crippen LogP contribution in [0, 0.1) is 0 Å². The van der Waals surface area contributed by atoms with Crippen LogP contribution < -0.4 is 10.9 Å². The summed E-state index contributed by atoms with van der Waals surface area (Å²) in [7, 11) is 0. The second-order valence-electron chi connectivity index (χ2n) is 4.99. The van der Waals surface area contributed by atoms with E-state index in [1.165, 1.54) is 24.6 Å². The average molecular weight is 440 g/mol. The highest BCUT2D eigenvalue weighted by Gasteiger charge is 2.10. The first-order valence-electron chi connectivity index (χ1n) is 6.95. The van der Waals surface area contributed by atoms with Crippen molar-refractivity contribution in [1.29, 1.82) is 0 Å². The summed E-state index contributed by atoms with van der Waals surface area (Å²) in [4.78, 5) is 24.4. The Bertz CT molecular complexity index is 1060. The lowest BCUT2D eigenvalue weighted by molar-refractivity contribution is 0.0955. The molecule has 0 aliphatic heterocycles. The molecule has 0 saturated carbocycles. The van der Waals surface area contributed by atoms with Crippen LogP contribution in [-0.4, -0.2) is 12.1 Å². The molecule has 1 amide bonds. The molecule has 0 aliphatic rings. The second kappa shape index (κ2) is 7.39. The highest BCUT2D eigenvalue weighted by atomic mass is 79.9. The number of carbonyl (C=O) groups is 1. The topological polar surface area (TPSA) is 71.7 Å². The molecule has 0 bridgehead atoms. The maximum absolute atomic E-state index is 12.4. The Morgan fingerprint density at radius 1 is 1.24 bits per heavy atom. The molecule has 25 heavy (non-hydrogen) atoms. The number of benzene rings is 2. The van der Waals surface area contributed by atoms with Crippen molar-refractivity contribution >= 4 is 62.2 Å². The van der Waals surface area contributed by atoms with Crippen LogP contribution in [0.4, 0.5) is 0 Å². The molecular weight excluding hydrogens is 431 g/mol. The number of nitrogens with one attached hydrogen (secondary N) is 1. The van der Waals surface area contributed by atoms with Crippen LogP contribution >= 0.6 is 39.1 Å². The molecule has 2 aromatic carbocycles. The highest BCUT2D eigenvalue weighted by Crippen LogP contribution is 2.26. The zero-order valence-electron chi connectivity index (χ0n) is 12.4. The van der Waals surface area contributed by atoms with Crippen molar-refractivity contribution in [2.24, 2.45) is 5.10 Å². The lowest BCUT2D eigenvalue weighted by Crippen LogP contribution is -2.18. The van der Waals surface area contributed by atoms with Gasteiger partial charge in [-0.25, -0.2) is 5.43 Å². The van der Waals surface area contributed by atoms with Gasteiger partial charge in [-0.1, -0.05) is 45.2 Å². The Kier molecular flexibility index (Phi) is 5.22. The van der Waals surface area contributed by atoms with Crippen molar-refractivity contribution in [3.8, 4) is 0 Å². The van der Waals surface area contributed by atoms with Gasteiger partial charge in [-0.2, -0.15) is 5.10 Å². The monoisotopic (exact) mass is 438 g/mol. The number of halogens is 3. The summed E-state index contributed by atoms with van der Waals surface area (Å²) in [6, 6.07) is 9.78. The minimum absolute atomic E-state index is 0.153. The SMILES string of the molecule is O=C(N/N=C/c1coc2c(Cl)cc(Cl)cc2c1=O)c1cccc(Br)c1. The minimum Gasteiger partial charge on any atom is -0.462 e. The Labute approximate surface area is 160 Å². The van der Waals surface area contributed by atoms with E-state index in [1.54, 1.807) is 24.3 Å². The molecule has 0 aliphatic carbocycles. The van der Waals surface area contributed by atoms with Crippen molar-refractivity contribution in [3.63, 3.8) is 0 Å². The molecule has 0 atom stereocenters. The van der Waals surface area contributed by atoms with E-state index in [9.17, 15) is 9.59 Å². The normalized spacial score (nSPS) is 11.2. The van der Waals surface area contributed by atoms with E-state index in [4.69, 9.17) is 27.6 Å². The van der Waals surface area contributed by atoms with Crippen molar-refractivity contribution in [2.75, 3.05) is 0 Å². The van der Waals surface area contributed by atoms with Gasteiger partial charge in [-0.3, -0.25) is 9.59 Å². The Hall–Kier alpha value is -2.15. The summed E-state index contributed by atoms with van der Waals surface area (Å²) in [5, 5.41) is 4.59. The number of nitrogens with zero attached hydrogens (tertiary/aromatic N) is 1. The fourth-order valence-corrected chi connectivity index (χ4v) is 3.06. The number of hydrazone groups is 1. The van der Waals surface area contributed by atoms with Gasteiger partial charge in [0, 0.05) is 15.1 Å². The standard InChI is InChI=1S/C17H9BrCl2N2O3/c18-11-3-1-2-9(4-11)17(24)22-21-7-10-8-25-16-13(15(10)23)5-12(19)6-14(16)20/h1-8H,(H,22,24)/b21-7+. The quantitative estimate of drug-likeness (QED) is 0.477. The molecule has 1 heterocycles. The number of rotatable bonds is 3. The summed E-state index contributed by atoms with van der Waals surface area (Å²) in [5.74, 6) is -0.409. The summed E-state index contributed by atoms with van der Waals surface area (Å²) >= 11 is 15.2.